The maximum atomic E-state index is 6.26. The highest BCUT2D eigenvalue weighted by Crippen LogP contribution is 2.43. The smallest absolute Gasteiger partial charge is 0.188 e. The Balaban J connectivity index is 1.68. The minimum absolute atomic E-state index is 0.0281. The monoisotopic (exact) mass is 338 g/mol. The average Bonchev–Trinajstić information content (AvgIpc) is 3.06. The second kappa shape index (κ2) is 6.52. The SMILES string of the molecule is CSCC[C@H]1Oc2ccccc2[C@@H]2CC(c3ccc(C)cc3)=NN12. The van der Waals surface area contributed by atoms with Crippen LogP contribution in [0.3, 0.4) is 0 Å². The Morgan fingerprint density at radius 2 is 1.96 bits per heavy atom. The Hall–Kier alpha value is -1.94. The summed E-state index contributed by atoms with van der Waals surface area (Å²) in [7, 11) is 0. The maximum Gasteiger partial charge on any atom is 0.188 e. The zero-order chi connectivity index (χ0) is 16.5. The van der Waals surface area contributed by atoms with Crippen LogP contribution in [0.5, 0.6) is 5.75 Å². The molecule has 2 atom stereocenters. The van der Waals surface area contributed by atoms with E-state index in [-0.39, 0.29) is 12.3 Å². The van der Waals surface area contributed by atoms with Crippen LogP contribution in [-0.2, 0) is 0 Å². The number of hydrogen-bond donors (Lipinski definition) is 0. The lowest BCUT2D eigenvalue weighted by Gasteiger charge is -2.38. The van der Waals surface area contributed by atoms with Crippen molar-refractivity contribution >= 4 is 17.5 Å². The maximum absolute atomic E-state index is 6.26. The minimum atomic E-state index is 0.0281. The van der Waals surface area contributed by atoms with Gasteiger partial charge in [-0.05, 0) is 30.6 Å². The summed E-state index contributed by atoms with van der Waals surface area (Å²) in [6.07, 6.45) is 4.09. The summed E-state index contributed by atoms with van der Waals surface area (Å²) in [5.74, 6) is 2.09. The van der Waals surface area contributed by atoms with Crippen molar-refractivity contribution in [2.45, 2.75) is 32.0 Å². The molecule has 2 aliphatic heterocycles. The van der Waals surface area contributed by atoms with E-state index in [1.54, 1.807) is 0 Å². The highest BCUT2D eigenvalue weighted by molar-refractivity contribution is 7.98. The van der Waals surface area contributed by atoms with E-state index >= 15 is 0 Å². The molecule has 3 nitrogen and oxygen atoms in total. The van der Waals surface area contributed by atoms with E-state index in [9.17, 15) is 0 Å². The Kier molecular flexibility index (Phi) is 4.23. The van der Waals surface area contributed by atoms with Crippen LogP contribution in [0.15, 0.2) is 53.6 Å². The van der Waals surface area contributed by atoms with Gasteiger partial charge >= 0.3 is 0 Å². The van der Waals surface area contributed by atoms with E-state index in [0.29, 0.717) is 0 Å². The Bertz CT molecular complexity index is 756. The molecule has 0 aliphatic carbocycles. The van der Waals surface area contributed by atoms with Crippen LogP contribution < -0.4 is 4.74 Å². The fourth-order valence-corrected chi connectivity index (χ4v) is 3.88. The molecule has 124 valence electrons. The first kappa shape index (κ1) is 15.6. The fourth-order valence-electron chi connectivity index (χ4n) is 3.44. The Morgan fingerprint density at radius 3 is 2.75 bits per heavy atom. The summed E-state index contributed by atoms with van der Waals surface area (Å²) < 4.78 is 6.26. The number of rotatable bonds is 4. The normalized spacial score (nSPS) is 21.8. The fraction of sp³-hybridized carbons (Fsp3) is 0.350. The zero-order valence-corrected chi connectivity index (χ0v) is 14.9. The molecule has 2 aromatic rings. The molecule has 0 saturated carbocycles. The van der Waals surface area contributed by atoms with Gasteiger partial charge in [0.25, 0.3) is 0 Å². The van der Waals surface area contributed by atoms with Gasteiger partial charge in [0, 0.05) is 18.4 Å². The van der Waals surface area contributed by atoms with Crippen LogP contribution in [0, 0.1) is 6.92 Å². The predicted octanol–water partition coefficient (Wildman–Crippen LogP) is 4.62. The number of nitrogens with zero attached hydrogens (tertiary/aromatic N) is 2. The highest BCUT2D eigenvalue weighted by atomic mass is 32.2. The number of benzene rings is 2. The number of para-hydroxylation sites is 1. The summed E-state index contributed by atoms with van der Waals surface area (Å²) >= 11 is 1.85. The van der Waals surface area contributed by atoms with Gasteiger partial charge in [0.2, 0.25) is 0 Å². The molecule has 2 aromatic carbocycles. The van der Waals surface area contributed by atoms with Gasteiger partial charge in [-0.2, -0.15) is 16.9 Å². The molecule has 2 aliphatic rings. The van der Waals surface area contributed by atoms with Gasteiger partial charge in [0.1, 0.15) is 5.75 Å². The molecule has 0 unspecified atom stereocenters. The van der Waals surface area contributed by atoms with Crippen LogP contribution in [0.4, 0.5) is 0 Å². The van der Waals surface area contributed by atoms with Crippen molar-refractivity contribution in [3.63, 3.8) is 0 Å². The van der Waals surface area contributed by atoms with Crippen molar-refractivity contribution in [2.24, 2.45) is 5.10 Å². The first-order valence-corrected chi connectivity index (χ1v) is 9.83. The van der Waals surface area contributed by atoms with Crippen LogP contribution in [0.1, 0.15) is 35.6 Å². The predicted molar refractivity (Wildman–Crippen MR) is 101 cm³/mol. The Labute approximate surface area is 147 Å². The lowest BCUT2D eigenvalue weighted by molar-refractivity contribution is -0.0180. The standard InChI is InChI=1S/C20H22N2OS/c1-14-7-9-15(10-8-14)17-13-18-16-5-3-4-6-19(16)23-20(11-12-24-2)22(18)21-17/h3-10,18,20H,11-13H2,1-2H3/t18-,20+/m0/s1. The first-order chi connectivity index (χ1) is 11.8. The molecular formula is C20H22N2OS. The molecule has 0 saturated heterocycles. The lowest BCUT2D eigenvalue weighted by Crippen LogP contribution is -2.40. The van der Waals surface area contributed by atoms with Gasteiger partial charge in [-0.1, -0.05) is 48.0 Å². The molecule has 0 spiro atoms. The van der Waals surface area contributed by atoms with Gasteiger partial charge in [0.05, 0.1) is 11.8 Å². The topological polar surface area (TPSA) is 24.8 Å². The van der Waals surface area contributed by atoms with Gasteiger partial charge < -0.3 is 4.74 Å². The van der Waals surface area contributed by atoms with Gasteiger partial charge in [-0.3, -0.25) is 5.01 Å². The summed E-state index contributed by atoms with van der Waals surface area (Å²) in [6.45, 7) is 2.12. The number of aryl methyl sites for hydroxylation is 1. The van der Waals surface area contributed by atoms with Crippen molar-refractivity contribution in [3.05, 3.63) is 65.2 Å². The third kappa shape index (κ3) is 2.80. The number of fused-ring (bicyclic) bond motifs is 3. The number of ether oxygens (including phenoxy) is 1. The molecule has 0 amide bonds. The molecule has 0 bridgehead atoms. The van der Waals surface area contributed by atoms with E-state index in [1.807, 2.05) is 11.8 Å². The first-order valence-electron chi connectivity index (χ1n) is 8.43. The van der Waals surface area contributed by atoms with E-state index in [4.69, 9.17) is 9.84 Å². The summed E-state index contributed by atoms with van der Waals surface area (Å²) in [5, 5.41) is 7.15. The zero-order valence-electron chi connectivity index (χ0n) is 14.1. The molecule has 0 fully saturated rings. The summed E-state index contributed by atoms with van der Waals surface area (Å²) in [5.41, 5.74) is 4.91. The minimum Gasteiger partial charge on any atom is -0.469 e. The van der Waals surface area contributed by atoms with Crippen molar-refractivity contribution in [2.75, 3.05) is 12.0 Å². The van der Waals surface area contributed by atoms with Crippen molar-refractivity contribution in [3.8, 4) is 5.75 Å². The molecule has 4 heteroatoms. The van der Waals surface area contributed by atoms with Gasteiger partial charge in [-0.15, -0.1) is 0 Å². The van der Waals surface area contributed by atoms with Crippen LogP contribution in [0.2, 0.25) is 0 Å². The van der Waals surface area contributed by atoms with Crippen molar-refractivity contribution in [1.82, 2.24) is 5.01 Å². The Morgan fingerprint density at radius 1 is 1.17 bits per heavy atom. The third-order valence-corrected chi connectivity index (χ3v) is 5.38. The van der Waals surface area contributed by atoms with E-state index in [0.717, 1.165) is 30.1 Å². The van der Waals surface area contributed by atoms with Gasteiger partial charge in [0.15, 0.2) is 6.23 Å². The lowest BCUT2D eigenvalue weighted by atomic mass is 9.96. The second-order valence-corrected chi connectivity index (χ2v) is 7.39. The molecule has 2 heterocycles. The van der Waals surface area contributed by atoms with Crippen LogP contribution >= 0.6 is 11.8 Å². The van der Waals surface area contributed by atoms with E-state index in [2.05, 4.69) is 66.7 Å². The molecule has 0 aromatic heterocycles. The molecule has 0 N–H and O–H groups in total. The van der Waals surface area contributed by atoms with Crippen molar-refractivity contribution in [1.29, 1.82) is 0 Å². The highest BCUT2D eigenvalue weighted by Gasteiger charge is 2.39. The summed E-state index contributed by atoms with van der Waals surface area (Å²) in [4.78, 5) is 0. The quantitative estimate of drug-likeness (QED) is 0.813. The second-order valence-electron chi connectivity index (χ2n) is 6.40. The largest absolute Gasteiger partial charge is 0.469 e. The molecule has 0 radical (unpaired) electrons. The van der Waals surface area contributed by atoms with Crippen LogP contribution in [-0.4, -0.2) is 29.0 Å². The summed E-state index contributed by atoms with van der Waals surface area (Å²) in [6, 6.07) is 17.4. The number of hydrogen-bond acceptors (Lipinski definition) is 4. The van der Waals surface area contributed by atoms with Gasteiger partial charge in [-0.25, -0.2) is 0 Å². The van der Waals surface area contributed by atoms with Crippen molar-refractivity contribution < 1.29 is 4.74 Å². The molecular weight excluding hydrogens is 316 g/mol. The van der Waals surface area contributed by atoms with Crippen LogP contribution in [0.25, 0.3) is 0 Å². The average molecular weight is 338 g/mol. The number of thioether (sulfide) groups is 1. The molecule has 24 heavy (non-hydrogen) atoms. The van der Waals surface area contributed by atoms with E-state index in [1.165, 1.54) is 16.7 Å². The molecule has 4 rings (SSSR count). The third-order valence-electron chi connectivity index (χ3n) is 4.73. The number of hydrazone groups is 1. The van der Waals surface area contributed by atoms with E-state index < -0.39 is 0 Å².